The number of hydrogen-bond donors (Lipinski definition) is 5. The molecule has 0 aliphatic carbocycles. The van der Waals surface area contributed by atoms with Crippen LogP contribution in [0.3, 0.4) is 0 Å². The van der Waals surface area contributed by atoms with Gasteiger partial charge in [0.05, 0.1) is 29.1 Å². The van der Waals surface area contributed by atoms with E-state index in [0.29, 0.717) is 25.1 Å². The number of H-pyrrole nitrogens is 2. The van der Waals surface area contributed by atoms with Crippen molar-refractivity contribution in [3.8, 4) is 11.3 Å². The van der Waals surface area contributed by atoms with Gasteiger partial charge in [-0.25, -0.2) is 9.97 Å². The van der Waals surface area contributed by atoms with Gasteiger partial charge in [0.2, 0.25) is 5.91 Å². The fourth-order valence-corrected chi connectivity index (χ4v) is 5.27. The van der Waals surface area contributed by atoms with Gasteiger partial charge in [-0.15, -0.1) is 0 Å². The Balaban J connectivity index is 1.13. The van der Waals surface area contributed by atoms with Gasteiger partial charge in [-0.3, -0.25) is 9.59 Å². The maximum atomic E-state index is 13.5. The Kier molecular flexibility index (Phi) is 7.81. The molecule has 0 fully saturated rings. The van der Waals surface area contributed by atoms with E-state index in [1.54, 1.807) is 12.5 Å². The first kappa shape index (κ1) is 27.4. The van der Waals surface area contributed by atoms with Crippen molar-refractivity contribution in [3.05, 3.63) is 118 Å². The van der Waals surface area contributed by atoms with Crippen molar-refractivity contribution in [1.29, 1.82) is 0 Å². The van der Waals surface area contributed by atoms with E-state index in [9.17, 15) is 9.59 Å². The number of carbonyl (C=O) groups is 2. The van der Waals surface area contributed by atoms with Gasteiger partial charge in [-0.2, -0.15) is 0 Å². The molecular formula is C32H28BrN7O2. The summed E-state index contributed by atoms with van der Waals surface area (Å²) in [6.45, 7) is 0.713. The Hall–Kier alpha value is -4.80. The van der Waals surface area contributed by atoms with Gasteiger partial charge in [0.25, 0.3) is 5.91 Å². The van der Waals surface area contributed by atoms with Crippen LogP contribution in [0.5, 0.6) is 0 Å². The highest BCUT2D eigenvalue weighted by Crippen LogP contribution is 2.32. The molecule has 6 N–H and O–H groups in total. The number of rotatable bonds is 9. The number of pyridine rings is 1. The van der Waals surface area contributed by atoms with Gasteiger partial charge in [-0.1, -0.05) is 58.4 Å². The molecule has 1 atom stereocenters. The first-order chi connectivity index (χ1) is 20.4. The Morgan fingerprint density at radius 1 is 0.905 bits per heavy atom. The normalized spacial score (nSPS) is 12.0. The van der Waals surface area contributed by atoms with E-state index in [4.69, 9.17) is 10.7 Å². The fraction of sp³-hybridized carbons (Fsp3) is 0.125. The molecule has 42 heavy (non-hydrogen) atoms. The summed E-state index contributed by atoms with van der Waals surface area (Å²) in [6, 6.07) is 22.6. The van der Waals surface area contributed by atoms with Crippen LogP contribution in [0.2, 0.25) is 0 Å². The van der Waals surface area contributed by atoms with Crippen LogP contribution in [0.4, 0.5) is 0 Å². The molecule has 3 heterocycles. The number of nitrogens with two attached hydrogens (primary N) is 1. The summed E-state index contributed by atoms with van der Waals surface area (Å²) in [4.78, 5) is 40.9. The van der Waals surface area contributed by atoms with Crippen LogP contribution < -0.4 is 16.4 Å². The van der Waals surface area contributed by atoms with Crippen molar-refractivity contribution >= 4 is 49.6 Å². The molecule has 9 nitrogen and oxygen atoms in total. The second-order valence-electron chi connectivity index (χ2n) is 10.1. The van der Waals surface area contributed by atoms with Crippen LogP contribution in [-0.2, 0) is 24.3 Å². The van der Waals surface area contributed by atoms with E-state index in [1.165, 1.54) is 0 Å². The summed E-state index contributed by atoms with van der Waals surface area (Å²) < 4.78 is 0.969. The van der Waals surface area contributed by atoms with Crippen molar-refractivity contribution in [3.63, 3.8) is 0 Å². The lowest BCUT2D eigenvalue weighted by molar-refractivity contribution is -0.122. The number of nitrogens with one attached hydrogen (secondary N) is 4. The number of benzene rings is 3. The average molecular weight is 623 g/mol. The molecule has 6 rings (SSSR count). The summed E-state index contributed by atoms with van der Waals surface area (Å²) in [6.07, 6.45) is 5.53. The third-order valence-electron chi connectivity index (χ3n) is 7.15. The van der Waals surface area contributed by atoms with Crippen LogP contribution >= 0.6 is 15.9 Å². The quantitative estimate of drug-likeness (QED) is 0.155. The number of para-hydroxylation sites is 1. The lowest BCUT2D eigenvalue weighted by Gasteiger charge is -2.12. The predicted octanol–water partition coefficient (Wildman–Crippen LogP) is 4.98. The predicted molar refractivity (Wildman–Crippen MR) is 166 cm³/mol. The molecule has 0 unspecified atom stereocenters. The molecule has 3 aromatic carbocycles. The molecule has 0 aliphatic heterocycles. The molecule has 0 saturated heterocycles. The van der Waals surface area contributed by atoms with Crippen LogP contribution in [0.1, 0.15) is 27.2 Å². The van der Waals surface area contributed by atoms with Crippen LogP contribution in [0.15, 0.2) is 96.0 Å². The second kappa shape index (κ2) is 12.0. The van der Waals surface area contributed by atoms with Gasteiger partial charge in [0, 0.05) is 63.9 Å². The molecule has 0 spiro atoms. The van der Waals surface area contributed by atoms with Crippen molar-refractivity contribution in [2.24, 2.45) is 5.73 Å². The van der Waals surface area contributed by atoms with Gasteiger partial charge < -0.3 is 26.3 Å². The van der Waals surface area contributed by atoms with E-state index in [2.05, 4.69) is 41.5 Å². The fourth-order valence-electron chi connectivity index (χ4n) is 4.90. The third kappa shape index (κ3) is 5.95. The Morgan fingerprint density at radius 3 is 2.43 bits per heavy atom. The zero-order valence-corrected chi connectivity index (χ0v) is 24.1. The highest BCUT2D eigenvalue weighted by atomic mass is 79.9. The number of aromatic amines is 2. The van der Waals surface area contributed by atoms with Crippen LogP contribution in [-0.4, -0.2) is 37.8 Å². The lowest BCUT2D eigenvalue weighted by Crippen LogP contribution is -2.41. The maximum Gasteiger partial charge on any atom is 0.252 e. The van der Waals surface area contributed by atoms with Crippen molar-refractivity contribution in [2.75, 3.05) is 0 Å². The van der Waals surface area contributed by atoms with Gasteiger partial charge in [0.15, 0.2) is 0 Å². The maximum absolute atomic E-state index is 13.5. The number of halogens is 1. The van der Waals surface area contributed by atoms with Gasteiger partial charge >= 0.3 is 0 Å². The Bertz CT molecular complexity index is 1880. The molecule has 0 bridgehead atoms. The molecule has 2 amide bonds. The second-order valence-corrected chi connectivity index (χ2v) is 11.0. The summed E-state index contributed by atoms with van der Waals surface area (Å²) in [5.41, 5.74) is 12.6. The number of aromatic nitrogens is 4. The molecule has 10 heteroatoms. The monoisotopic (exact) mass is 621 g/mol. The molecule has 0 saturated carbocycles. The van der Waals surface area contributed by atoms with Crippen molar-refractivity contribution in [1.82, 2.24) is 30.6 Å². The minimum absolute atomic E-state index is 0.182. The summed E-state index contributed by atoms with van der Waals surface area (Å²) in [5.74, 6) is -0.413. The molecule has 3 aromatic heterocycles. The van der Waals surface area contributed by atoms with E-state index in [1.807, 2.05) is 79.0 Å². The number of fused-ring (bicyclic) bond motifs is 2. The van der Waals surface area contributed by atoms with E-state index in [0.717, 1.165) is 54.4 Å². The van der Waals surface area contributed by atoms with E-state index in [-0.39, 0.29) is 11.8 Å². The van der Waals surface area contributed by atoms with E-state index >= 15 is 0 Å². The highest BCUT2D eigenvalue weighted by molar-refractivity contribution is 9.10. The largest absolute Gasteiger partial charge is 0.360 e. The van der Waals surface area contributed by atoms with Crippen LogP contribution in [0.25, 0.3) is 33.1 Å². The summed E-state index contributed by atoms with van der Waals surface area (Å²) >= 11 is 3.55. The first-order valence-electron chi connectivity index (χ1n) is 13.5. The molecule has 0 aliphatic rings. The number of amides is 2. The van der Waals surface area contributed by atoms with Gasteiger partial charge in [0.1, 0.15) is 0 Å². The standard InChI is InChI=1S/C32H28BrN7O2/c33-21-9-10-28-24(11-21)26(17-36-28)30-13-25(23-3-1-2-4-29(23)40-30)31(41)37-14-19-5-7-20(8-6-19)15-38-32(42)27(34)12-22-16-35-18-39-22/h1-11,13,16-18,27,36H,12,14-15,34H2,(H,35,39)(H,37,41)(H,38,42)/t27-/m0/s1. The minimum atomic E-state index is -0.664. The summed E-state index contributed by atoms with van der Waals surface area (Å²) in [7, 11) is 0. The topological polar surface area (TPSA) is 142 Å². The lowest BCUT2D eigenvalue weighted by atomic mass is 10.0. The smallest absolute Gasteiger partial charge is 0.252 e. The average Bonchev–Trinajstić information content (AvgIpc) is 3.68. The Labute approximate surface area is 250 Å². The van der Waals surface area contributed by atoms with Crippen LogP contribution in [0, 0.1) is 0 Å². The third-order valence-corrected chi connectivity index (χ3v) is 7.65. The Morgan fingerprint density at radius 2 is 1.67 bits per heavy atom. The zero-order valence-electron chi connectivity index (χ0n) is 22.5. The number of hydrogen-bond acceptors (Lipinski definition) is 5. The SMILES string of the molecule is N[C@@H](Cc1cnc[nH]1)C(=O)NCc1ccc(CNC(=O)c2cc(-c3c[nH]c4ccc(Br)cc34)nc3ccccc23)cc1. The molecule has 6 aromatic rings. The number of carbonyl (C=O) groups excluding carboxylic acids is 2. The highest BCUT2D eigenvalue weighted by Gasteiger charge is 2.17. The molecule has 0 radical (unpaired) electrons. The van der Waals surface area contributed by atoms with Gasteiger partial charge in [-0.05, 0) is 41.5 Å². The minimum Gasteiger partial charge on any atom is -0.360 e. The molecular weight excluding hydrogens is 594 g/mol. The number of imidazole rings is 1. The van der Waals surface area contributed by atoms with Crippen molar-refractivity contribution < 1.29 is 9.59 Å². The van der Waals surface area contributed by atoms with E-state index < -0.39 is 6.04 Å². The molecule has 210 valence electrons. The summed E-state index contributed by atoms with van der Waals surface area (Å²) in [5, 5.41) is 7.74. The number of nitrogens with zero attached hydrogens (tertiary/aromatic N) is 2. The zero-order chi connectivity index (χ0) is 29.1. The first-order valence-corrected chi connectivity index (χ1v) is 14.3. The van der Waals surface area contributed by atoms with Crippen molar-refractivity contribution in [2.45, 2.75) is 25.6 Å².